The zero-order valence-electron chi connectivity index (χ0n) is 15.8. The molecular weight excluding hydrogens is 288 g/mol. The minimum atomic E-state index is -1.81. The highest BCUT2D eigenvalue weighted by atomic mass is 28.4. The molecule has 126 valence electrons. The second-order valence-corrected chi connectivity index (χ2v) is 14.3. The van der Waals surface area contributed by atoms with Crippen LogP contribution in [0.2, 0.25) is 18.1 Å². The Balaban J connectivity index is 2.34. The van der Waals surface area contributed by atoms with E-state index in [2.05, 4.69) is 60.7 Å². The second-order valence-electron chi connectivity index (χ2n) is 9.61. The highest BCUT2D eigenvalue weighted by molar-refractivity contribution is 6.74. The largest absolute Gasteiger partial charge is 0.547 e. The van der Waals surface area contributed by atoms with E-state index in [1.807, 2.05) is 0 Å². The predicted molar refractivity (Wildman–Crippen MR) is 95.2 cm³/mol. The van der Waals surface area contributed by atoms with Crippen LogP contribution in [-0.4, -0.2) is 14.1 Å². The van der Waals surface area contributed by atoms with E-state index < -0.39 is 8.32 Å². The summed E-state index contributed by atoms with van der Waals surface area (Å²) in [6, 6.07) is 0. The maximum atomic E-state index is 12.7. The van der Waals surface area contributed by atoms with Gasteiger partial charge in [-0.1, -0.05) is 41.5 Å². The summed E-state index contributed by atoms with van der Waals surface area (Å²) < 4.78 is 6.60. The molecule has 0 aromatic heterocycles. The van der Waals surface area contributed by atoms with Crippen molar-refractivity contribution >= 4 is 14.1 Å². The number of ketones is 1. The molecule has 3 heteroatoms. The Hall–Kier alpha value is -0.573. The first-order valence-corrected chi connectivity index (χ1v) is 11.7. The zero-order valence-corrected chi connectivity index (χ0v) is 16.8. The molecular formula is C19H34O2Si. The number of allylic oxidation sites excluding steroid dienone is 2. The van der Waals surface area contributed by atoms with Gasteiger partial charge in [0.15, 0.2) is 0 Å². The Kier molecular flexibility index (Phi) is 4.22. The molecule has 0 saturated heterocycles. The van der Waals surface area contributed by atoms with Gasteiger partial charge in [0.1, 0.15) is 5.78 Å². The van der Waals surface area contributed by atoms with Gasteiger partial charge >= 0.3 is 0 Å². The summed E-state index contributed by atoms with van der Waals surface area (Å²) in [6.45, 7) is 18.1. The molecule has 0 unspecified atom stereocenters. The lowest BCUT2D eigenvalue weighted by atomic mass is 9.51. The molecule has 2 aliphatic carbocycles. The molecule has 2 rings (SSSR count). The van der Waals surface area contributed by atoms with Crippen LogP contribution in [0, 0.1) is 16.7 Å². The van der Waals surface area contributed by atoms with Crippen molar-refractivity contribution in [2.75, 3.05) is 0 Å². The summed E-state index contributed by atoms with van der Waals surface area (Å²) in [6.07, 6.45) is 6.17. The molecule has 0 amide bonds. The molecule has 0 spiro atoms. The fraction of sp³-hybridized carbons (Fsp3) is 0.842. The number of carbonyl (C=O) groups is 1. The van der Waals surface area contributed by atoms with Gasteiger partial charge in [0.25, 0.3) is 0 Å². The minimum absolute atomic E-state index is 0.120. The van der Waals surface area contributed by atoms with Gasteiger partial charge in [-0.25, -0.2) is 0 Å². The fourth-order valence-electron chi connectivity index (χ4n) is 3.88. The van der Waals surface area contributed by atoms with Gasteiger partial charge in [0, 0.05) is 18.3 Å². The monoisotopic (exact) mass is 322 g/mol. The third-order valence-electron chi connectivity index (χ3n) is 6.85. The number of hydrogen-bond donors (Lipinski definition) is 0. The second kappa shape index (κ2) is 5.22. The van der Waals surface area contributed by atoms with Crippen LogP contribution in [0.25, 0.3) is 0 Å². The van der Waals surface area contributed by atoms with E-state index in [1.54, 1.807) is 0 Å². The maximum Gasteiger partial charge on any atom is 0.250 e. The summed E-state index contributed by atoms with van der Waals surface area (Å²) in [5, 5.41) is 0.209. The molecule has 0 aromatic rings. The highest BCUT2D eigenvalue weighted by Crippen LogP contribution is 2.57. The van der Waals surface area contributed by atoms with Crippen LogP contribution < -0.4 is 0 Å². The van der Waals surface area contributed by atoms with E-state index in [0.717, 1.165) is 31.4 Å². The summed E-state index contributed by atoms with van der Waals surface area (Å²) in [7, 11) is -1.81. The molecule has 2 aliphatic rings. The standard InChI is InChI=1S/C19H34O2Si/c1-17(2,3)22(7,8)21-15-12-14-10-9-11-16(20)19(14,6)18(4,5)13-15/h13-14H,9-12H2,1-8H3/t14-,19+/m1/s1. The molecule has 1 fully saturated rings. The van der Waals surface area contributed by atoms with Gasteiger partial charge in [-0.3, -0.25) is 4.79 Å². The number of hydrogen-bond acceptors (Lipinski definition) is 2. The highest BCUT2D eigenvalue weighted by Gasteiger charge is 2.55. The van der Waals surface area contributed by atoms with Crippen LogP contribution in [0.15, 0.2) is 11.8 Å². The summed E-state index contributed by atoms with van der Waals surface area (Å²) >= 11 is 0. The Labute approximate surface area is 137 Å². The number of fused-ring (bicyclic) bond motifs is 1. The SMILES string of the molecule is CC1(C)C=C(O[Si](C)(C)C(C)(C)C)C[C@H]2CCCC(=O)[C@]21C. The minimum Gasteiger partial charge on any atom is -0.547 e. The van der Waals surface area contributed by atoms with E-state index >= 15 is 0 Å². The van der Waals surface area contributed by atoms with Gasteiger partial charge in [-0.2, -0.15) is 0 Å². The molecule has 22 heavy (non-hydrogen) atoms. The Morgan fingerprint density at radius 3 is 2.36 bits per heavy atom. The van der Waals surface area contributed by atoms with Crippen LogP contribution in [0.1, 0.15) is 67.2 Å². The van der Waals surface area contributed by atoms with Gasteiger partial charge < -0.3 is 4.43 Å². The average Bonchev–Trinajstić information content (AvgIpc) is 2.30. The molecule has 0 aliphatic heterocycles. The molecule has 0 bridgehead atoms. The van der Waals surface area contributed by atoms with Crippen molar-refractivity contribution in [3.63, 3.8) is 0 Å². The van der Waals surface area contributed by atoms with Crippen molar-refractivity contribution in [1.82, 2.24) is 0 Å². The molecule has 0 radical (unpaired) electrons. The molecule has 0 heterocycles. The Morgan fingerprint density at radius 2 is 1.82 bits per heavy atom. The third-order valence-corrected chi connectivity index (χ3v) is 11.2. The first-order valence-electron chi connectivity index (χ1n) is 8.75. The molecule has 1 saturated carbocycles. The van der Waals surface area contributed by atoms with Gasteiger partial charge in [-0.05, 0) is 48.4 Å². The Morgan fingerprint density at radius 1 is 1.23 bits per heavy atom. The molecule has 0 aromatic carbocycles. The lowest BCUT2D eigenvalue weighted by Crippen LogP contribution is -2.52. The lowest BCUT2D eigenvalue weighted by Gasteiger charge is -2.53. The number of Topliss-reactive ketones (excluding diaryl/α,β-unsaturated/α-hetero) is 1. The topological polar surface area (TPSA) is 26.3 Å². The average molecular weight is 323 g/mol. The first-order chi connectivity index (χ1) is 9.81. The van der Waals surface area contributed by atoms with Crippen molar-refractivity contribution < 1.29 is 9.22 Å². The lowest BCUT2D eigenvalue weighted by molar-refractivity contribution is -0.142. The number of rotatable bonds is 2. The third kappa shape index (κ3) is 2.70. The van der Waals surface area contributed by atoms with Crippen molar-refractivity contribution in [3.05, 3.63) is 11.8 Å². The summed E-state index contributed by atoms with van der Waals surface area (Å²) in [5.74, 6) is 2.04. The van der Waals surface area contributed by atoms with Crippen LogP contribution in [0.3, 0.4) is 0 Å². The first kappa shape index (κ1) is 17.8. The summed E-state index contributed by atoms with van der Waals surface area (Å²) in [5.41, 5.74) is -0.337. The predicted octanol–water partition coefficient (Wildman–Crippen LogP) is 5.70. The van der Waals surface area contributed by atoms with E-state index in [9.17, 15) is 4.79 Å². The smallest absolute Gasteiger partial charge is 0.250 e. The van der Waals surface area contributed by atoms with E-state index in [-0.39, 0.29) is 15.9 Å². The van der Waals surface area contributed by atoms with Crippen molar-refractivity contribution in [1.29, 1.82) is 0 Å². The van der Waals surface area contributed by atoms with Crippen LogP contribution in [-0.2, 0) is 9.22 Å². The quantitative estimate of drug-likeness (QED) is 0.610. The van der Waals surface area contributed by atoms with Crippen molar-refractivity contribution in [2.24, 2.45) is 16.7 Å². The van der Waals surface area contributed by atoms with Crippen molar-refractivity contribution in [3.8, 4) is 0 Å². The maximum absolute atomic E-state index is 12.7. The van der Waals surface area contributed by atoms with Gasteiger partial charge in [0.05, 0.1) is 5.76 Å². The zero-order chi connectivity index (χ0) is 17.0. The van der Waals surface area contributed by atoms with E-state index in [1.165, 1.54) is 0 Å². The van der Waals surface area contributed by atoms with Crippen LogP contribution in [0.5, 0.6) is 0 Å². The van der Waals surface area contributed by atoms with E-state index in [0.29, 0.717) is 11.7 Å². The van der Waals surface area contributed by atoms with Crippen LogP contribution >= 0.6 is 0 Å². The van der Waals surface area contributed by atoms with E-state index in [4.69, 9.17) is 4.43 Å². The van der Waals surface area contributed by atoms with Crippen LogP contribution in [0.4, 0.5) is 0 Å². The van der Waals surface area contributed by atoms with Gasteiger partial charge in [-0.15, -0.1) is 0 Å². The van der Waals surface area contributed by atoms with Gasteiger partial charge in [0.2, 0.25) is 8.32 Å². The fourth-order valence-corrected chi connectivity index (χ4v) is 4.99. The molecule has 0 N–H and O–H groups in total. The molecule has 2 atom stereocenters. The Bertz CT molecular complexity index is 496. The normalized spacial score (nSPS) is 32.3. The number of carbonyl (C=O) groups excluding carboxylic acids is 1. The summed E-state index contributed by atoms with van der Waals surface area (Å²) in [4.78, 5) is 12.7. The van der Waals surface area contributed by atoms with Crippen molar-refractivity contribution in [2.45, 2.75) is 85.4 Å². The molecule has 2 nitrogen and oxygen atoms in total.